The zero-order valence-electron chi connectivity index (χ0n) is 16.5. The van der Waals surface area contributed by atoms with Gasteiger partial charge in [0, 0.05) is 39.4 Å². The summed E-state index contributed by atoms with van der Waals surface area (Å²) in [6, 6.07) is 15.6. The van der Waals surface area contributed by atoms with Gasteiger partial charge in [-0.3, -0.25) is 9.69 Å². The van der Waals surface area contributed by atoms with Gasteiger partial charge in [-0.25, -0.2) is 4.98 Å². The maximum Gasteiger partial charge on any atom is 0.274 e. The van der Waals surface area contributed by atoms with Gasteiger partial charge in [0.1, 0.15) is 5.65 Å². The molecule has 0 radical (unpaired) electrons. The van der Waals surface area contributed by atoms with Crippen LogP contribution in [0.15, 0.2) is 54.7 Å². The molecular formula is C22H26N4O3. The molecule has 0 aliphatic carbocycles. The molecule has 4 rings (SSSR count). The Hall–Kier alpha value is -2.74. The first-order chi connectivity index (χ1) is 14.0. The Labute approximate surface area is 169 Å². The standard InChI is InChI=1S/C22H26N4O3/c1-24(13-16-7-3-2-4-8-16)22(29)21-17(26-11-6-5-9-20(26)23-21)14-25-12-10-18(27)19(28)15-25/h2-9,11,18-19,27-28H,10,12-15H2,1H3/t18-,19-/m0/s1. The molecule has 3 aromatic rings. The zero-order valence-corrected chi connectivity index (χ0v) is 16.5. The normalized spacial score (nSPS) is 20.1. The predicted molar refractivity (Wildman–Crippen MR) is 109 cm³/mol. The number of amides is 1. The molecule has 0 spiro atoms. The molecule has 0 unspecified atom stereocenters. The summed E-state index contributed by atoms with van der Waals surface area (Å²) in [5.74, 6) is -0.134. The summed E-state index contributed by atoms with van der Waals surface area (Å²) in [5, 5.41) is 19.8. The molecule has 152 valence electrons. The summed E-state index contributed by atoms with van der Waals surface area (Å²) in [6.45, 7) is 2.01. The largest absolute Gasteiger partial charge is 0.390 e. The molecule has 3 heterocycles. The van der Waals surface area contributed by atoms with Crippen molar-refractivity contribution in [3.05, 3.63) is 71.7 Å². The van der Waals surface area contributed by atoms with Crippen LogP contribution >= 0.6 is 0 Å². The molecule has 7 nitrogen and oxygen atoms in total. The summed E-state index contributed by atoms with van der Waals surface area (Å²) in [7, 11) is 1.78. The Balaban J connectivity index is 1.61. The van der Waals surface area contributed by atoms with Gasteiger partial charge in [-0.15, -0.1) is 0 Å². The van der Waals surface area contributed by atoms with Gasteiger partial charge in [0.25, 0.3) is 5.91 Å². The number of aliphatic hydroxyl groups is 2. The van der Waals surface area contributed by atoms with Crippen molar-refractivity contribution in [3.63, 3.8) is 0 Å². The first-order valence-electron chi connectivity index (χ1n) is 9.87. The van der Waals surface area contributed by atoms with Gasteiger partial charge < -0.3 is 19.5 Å². The Morgan fingerprint density at radius 1 is 1.14 bits per heavy atom. The monoisotopic (exact) mass is 394 g/mol. The highest BCUT2D eigenvalue weighted by molar-refractivity contribution is 5.94. The number of aromatic nitrogens is 2. The highest BCUT2D eigenvalue weighted by Gasteiger charge is 2.29. The lowest BCUT2D eigenvalue weighted by Gasteiger charge is -2.33. The van der Waals surface area contributed by atoms with E-state index in [2.05, 4.69) is 9.88 Å². The number of hydrogen-bond acceptors (Lipinski definition) is 5. The fourth-order valence-corrected chi connectivity index (χ4v) is 3.82. The van der Waals surface area contributed by atoms with E-state index in [9.17, 15) is 15.0 Å². The van der Waals surface area contributed by atoms with E-state index in [1.807, 2.05) is 59.1 Å². The predicted octanol–water partition coefficient (Wildman–Crippen LogP) is 1.53. The Morgan fingerprint density at radius 3 is 2.66 bits per heavy atom. The molecule has 1 fully saturated rings. The summed E-state index contributed by atoms with van der Waals surface area (Å²) >= 11 is 0. The molecule has 0 bridgehead atoms. The van der Waals surface area contributed by atoms with Gasteiger partial charge in [-0.2, -0.15) is 0 Å². The molecule has 29 heavy (non-hydrogen) atoms. The molecule has 1 aliphatic rings. The van der Waals surface area contributed by atoms with E-state index >= 15 is 0 Å². The van der Waals surface area contributed by atoms with Crippen molar-refractivity contribution >= 4 is 11.6 Å². The van der Waals surface area contributed by atoms with E-state index in [1.165, 1.54) is 0 Å². The molecular weight excluding hydrogens is 368 g/mol. The lowest BCUT2D eigenvalue weighted by molar-refractivity contribution is -0.0407. The van der Waals surface area contributed by atoms with Crippen LogP contribution in [0.3, 0.4) is 0 Å². The van der Waals surface area contributed by atoms with E-state index < -0.39 is 12.2 Å². The van der Waals surface area contributed by atoms with Crippen molar-refractivity contribution in [1.82, 2.24) is 19.2 Å². The minimum Gasteiger partial charge on any atom is -0.390 e. The molecule has 1 saturated heterocycles. The highest BCUT2D eigenvalue weighted by atomic mass is 16.3. The number of aliphatic hydroxyl groups excluding tert-OH is 2. The van der Waals surface area contributed by atoms with Crippen molar-refractivity contribution in [3.8, 4) is 0 Å². The molecule has 0 saturated carbocycles. The lowest BCUT2D eigenvalue weighted by atomic mass is 10.0. The topological polar surface area (TPSA) is 81.3 Å². The van der Waals surface area contributed by atoms with Crippen molar-refractivity contribution < 1.29 is 15.0 Å². The van der Waals surface area contributed by atoms with Gasteiger partial charge in [0.05, 0.1) is 17.9 Å². The third-order valence-electron chi connectivity index (χ3n) is 5.44. The number of hydrogen-bond donors (Lipinski definition) is 2. The van der Waals surface area contributed by atoms with Crippen molar-refractivity contribution in [2.75, 3.05) is 20.1 Å². The molecule has 2 atom stereocenters. The van der Waals surface area contributed by atoms with Crippen LogP contribution in [0, 0.1) is 0 Å². The second-order valence-electron chi connectivity index (χ2n) is 7.64. The first-order valence-corrected chi connectivity index (χ1v) is 9.87. The van der Waals surface area contributed by atoms with E-state index in [0.29, 0.717) is 38.3 Å². The molecule has 1 amide bonds. The maximum atomic E-state index is 13.2. The number of carbonyl (C=O) groups excluding carboxylic acids is 1. The van der Waals surface area contributed by atoms with Crippen LogP contribution in [-0.4, -0.2) is 67.6 Å². The van der Waals surface area contributed by atoms with E-state index in [0.717, 1.165) is 16.9 Å². The van der Waals surface area contributed by atoms with Gasteiger partial charge in [-0.1, -0.05) is 36.4 Å². The number of imidazole rings is 1. The van der Waals surface area contributed by atoms with Gasteiger partial charge in [-0.05, 0) is 24.1 Å². The van der Waals surface area contributed by atoms with Gasteiger partial charge >= 0.3 is 0 Å². The number of fused-ring (bicyclic) bond motifs is 1. The van der Waals surface area contributed by atoms with Gasteiger partial charge in [0.2, 0.25) is 0 Å². The number of nitrogens with zero attached hydrogens (tertiary/aromatic N) is 4. The first kappa shape index (κ1) is 19.6. The highest BCUT2D eigenvalue weighted by Crippen LogP contribution is 2.20. The number of piperidine rings is 1. The minimum atomic E-state index is -0.775. The molecule has 1 aliphatic heterocycles. The Kier molecular flexibility index (Phi) is 5.62. The van der Waals surface area contributed by atoms with Crippen LogP contribution in [-0.2, 0) is 13.1 Å². The van der Waals surface area contributed by atoms with Crippen molar-refractivity contribution in [2.24, 2.45) is 0 Å². The van der Waals surface area contributed by atoms with E-state index in [4.69, 9.17) is 0 Å². The van der Waals surface area contributed by atoms with Crippen LogP contribution in [0.5, 0.6) is 0 Å². The number of carbonyl (C=O) groups is 1. The second-order valence-corrected chi connectivity index (χ2v) is 7.64. The minimum absolute atomic E-state index is 0.134. The summed E-state index contributed by atoms with van der Waals surface area (Å²) in [4.78, 5) is 21.6. The number of benzene rings is 1. The Morgan fingerprint density at radius 2 is 1.90 bits per heavy atom. The average molecular weight is 394 g/mol. The van der Waals surface area contributed by atoms with E-state index in [-0.39, 0.29) is 5.91 Å². The summed E-state index contributed by atoms with van der Waals surface area (Å²) in [6.07, 6.45) is 0.949. The van der Waals surface area contributed by atoms with Crippen LogP contribution in [0.2, 0.25) is 0 Å². The maximum absolute atomic E-state index is 13.2. The lowest BCUT2D eigenvalue weighted by Crippen LogP contribution is -2.46. The number of rotatable bonds is 5. The number of β-amino-alcohol motifs (C(OH)–C–C–N with tert-alkyl or cyclic N) is 1. The van der Waals surface area contributed by atoms with Crippen molar-refractivity contribution in [2.45, 2.75) is 31.7 Å². The fourth-order valence-electron chi connectivity index (χ4n) is 3.82. The third-order valence-corrected chi connectivity index (χ3v) is 5.44. The quantitative estimate of drug-likeness (QED) is 0.686. The SMILES string of the molecule is CN(Cc1ccccc1)C(=O)c1nc2ccccn2c1CN1CC[C@H](O)[C@@H](O)C1. The number of likely N-dealkylation sites (tertiary alicyclic amines) is 1. The van der Waals surface area contributed by atoms with Crippen LogP contribution in [0.4, 0.5) is 0 Å². The Bertz CT molecular complexity index is 988. The summed E-state index contributed by atoms with van der Waals surface area (Å²) in [5.41, 5.74) is 3.00. The second kappa shape index (κ2) is 8.32. The smallest absolute Gasteiger partial charge is 0.274 e. The number of pyridine rings is 1. The summed E-state index contributed by atoms with van der Waals surface area (Å²) < 4.78 is 1.93. The van der Waals surface area contributed by atoms with Crippen molar-refractivity contribution in [1.29, 1.82) is 0 Å². The van der Waals surface area contributed by atoms with Crippen LogP contribution in [0.1, 0.15) is 28.2 Å². The van der Waals surface area contributed by atoms with Crippen LogP contribution in [0.25, 0.3) is 5.65 Å². The van der Waals surface area contributed by atoms with Crippen LogP contribution < -0.4 is 0 Å². The fraction of sp³-hybridized carbons (Fsp3) is 0.364. The molecule has 2 N–H and O–H groups in total. The average Bonchev–Trinajstić information content (AvgIpc) is 3.09. The van der Waals surface area contributed by atoms with Gasteiger partial charge in [0.15, 0.2) is 5.69 Å². The zero-order chi connectivity index (χ0) is 20.4. The molecule has 1 aromatic carbocycles. The molecule has 2 aromatic heterocycles. The van der Waals surface area contributed by atoms with E-state index in [1.54, 1.807) is 11.9 Å². The molecule has 7 heteroatoms. The third kappa shape index (κ3) is 4.17.